The van der Waals surface area contributed by atoms with E-state index in [-0.39, 0.29) is 5.56 Å². The van der Waals surface area contributed by atoms with Crippen LogP contribution in [-0.4, -0.2) is 16.1 Å². The molecule has 4 nitrogen and oxygen atoms in total. The highest BCUT2D eigenvalue weighted by molar-refractivity contribution is 5.93. The van der Waals surface area contributed by atoms with Gasteiger partial charge in [-0.05, 0) is 36.2 Å². The van der Waals surface area contributed by atoms with Gasteiger partial charge in [-0.3, -0.25) is 0 Å². The van der Waals surface area contributed by atoms with Gasteiger partial charge in [0.25, 0.3) is 0 Å². The number of carboxylic acid groups (broad SMARTS) is 1. The van der Waals surface area contributed by atoms with Crippen LogP contribution in [0.15, 0.2) is 24.3 Å². The SMILES string of the molecule is CCc1cc2cc(C(=O)O)ccc2nc1N. The molecule has 0 aliphatic rings. The lowest BCUT2D eigenvalue weighted by atomic mass is 10.1. The lowest BCUT2D eigenvalue weighted by Gasteiger charge is -2.05. The van der Waals surface area contributed by atoms with Crippen LogP contribution in [0.2, 0.25) is 0 Å². The molecule has 2 aromatic rings. The van der Waals surface area contributed by atoms with Crippen molar-refractivity contribution in [3.8, 4) is 0 Å². The van der Waals surface area contributed by atoms with Crippen LogP contribution in [0, 0.1) is 0 Å². The number of benzene rings is 1. The van der Waals surface area contributed by atoms with Gasteiger partial charge in [-0.25, -0.2) is 9.78 Å². The van der Waals surface area contributed by atoms with Crippen LogP contribution < -0.4 is 5.73 Å². The van der Waals surface area contributed by atoms with Crippen LogP contribution in [0.1, 0.15) is 22.8 Å². The Kier molecular flexibility index (Phi) is 2.48. The van der Waals surface area contributed by atoms with E-state index in [1.807, 2.05) is 13.0 Å². The number of aryl methyl sites for hydroxylation is 1. The monoisotopic (exact) mass is 216 g/mol. The molecule has 0 radical (unpaired) electrons. The largest absolute Gasteiger partial charge is 0.478 e. The Morgan fingerprint density at radius 3 is 2.81 bits per heavy atom. The van der Waals surface area contributed by atoms with Crippen LogP contribution in [0.4, 0.5) is 5.82 Å². The quantitative estimate of drug-likeness (QED) is 0.805. The minimum absolute atomic E-state index is 0.265. The molecule has 82 valence electrons. The lowest BCUT2D eigenvalue weighted by molar-refractivity contribution is 0.0697. The smallest absolute Gasteiger partial charge is 0.335 e. The summed E-state index contributed by atoms with van der Waals surface area (Å²) in [5.41, 5.74) is 7.69. The Bertz CT molecular complexity index is 564. The second kappa shape index (κ2) is 3.81. The normalized spacial score (nSPS) is 10.6. The van der Waals surface area contributed by atoms with Gasteiger partial charge >= 0.3 is 5.97 Å². The van der Waals surface area contributed by atoms with Gasteiger partial charge in [-0.2, -0.15) is 0 Å². The molecule has 3 N–H and O–H groups in total. The van der Waals surface area contributed by atoms with Gasteiger partial charge in [0.2, 0.25) is 0 Å². The van der Waals surface area contributed by atoms with Crippen molar-refractivity contribution < 1.29 is 9.90 Å². The number of nitrogen functional groups attached to an aromatic ring is 1. The summed E-state index contributed by atoms with van der Waals surface area (Å²) >= 11 is 0. The van der Waals surface area contributed by atoms with Crippen LogP contribution >= 0.6 is 0 Å². The maximum atomic E-state index is 10.8. The van der Waals surface area contributed by atoms with Crippen LogP contribution in [0.5, 0.6) is 0 Å². The first-order valence-electron chi connectivity index (χ1n) is 5.04. The average Bonchev–Trinajstić information content (AvgIpc) is 2.27. The molecule has 4 heteroatoms. The molecule has 2 rings (SSSR count). The number of nitrogens with two attached hydrogens (primary N) is 1. The molecule has 1 aromatic carbocycles. The molecule has 16 heavy (non-hydrogen) atoms. The minimum Gasteiger partial charge on any atom is -0.478 e. The summed E-state index contributed by atoms with van der Waals surface area (Å²) < 4.78 is 0. The third-order valence-corrected chi connectivity index (χ3v) is 2.56. The van der Waals surface area contributed by atoms with E-state index in [1.165, 1.54) is 6.07 Å². The number of hydrogen-bond donors (Lipinski definition) is 2. The van der Waals surface area contributed by atoms with E-state index in [2.05, 4.69) is 4.98 Å². The third kappa shape index (κ3) is 1.69. The number of aromatic nitrogens is 1. The summed E-state index contributed by atoms with van der Waals surface area (Å²) in [6.07, 6.45) is 0.784. The van der Waals surface area contributed by atoms with Crippen molar-refractivity contribution in [2.45, 2.75) is 13.3 Å². The molecule has 0 aliphatic heterocycles. The number of anilines is 1. The molecule has 0 spiro atoms. The van der Waals surface area contributed by atoms with Gasteiger partial charge in [0.1, 0.15) is 5.82 Å². The number of nitrogens with zero attached hydrogens (tertiary/aromatic N) is 1. The molecule has 0 saturated heterocycles. The van der Waals surface area contributed by atoms with E-state index in [1.54, 1.807) is 12.1 Å². The Balaban J connectivity index is 2.68. The first-order valence-corrected chi connectivity index (χ1v) is 5.04. The predicted octanol–water partition coefficient (Wildman–Crippen LogP) is 2.08. The molecule has 0 amide bonds. The Hall–Kier alpha value is -2.10. The number of fused-ring (bicyclic) bond motifs is 1. The molecule has 0 unspecified atom stereocenters. The van der Waals surface area contributed by atoms with Crippen LogP contribution in [0.3, 0.4) is 0 Å². The summed E-state index contributed by atoms with van der Waals surface area (Å²) in [7, 11) is 0. The predicted molar refractivity (Wildman–Crippen MR) is 62.5 cm³/mol. The zero-order chi connectivity index (χ0) is 11.7. The highest BCUT2D eigenvalue weighted by atomic mass is 16.4. The Morgan fingerprint density at radius 1 is 1.44 bits per heavy atom. The maximum Gasteiger partial charge on any atom is 0.335 e. The van der Waals surface area contributed by atoms with Crippen molar-refractivity contribution in [2.75, 3.05) is 5.73 Å². The fourth-order valence-corrected chi connectivity index (χ4v) is 1.65. The molecular formula is C12H12N2O2. The Morgan fingerprint density at radius 2 is 2.19 bits per heavy atom. The summed E-state index contributed by atoms with van der Waals surface area (Å²) in [4.78, 5) is 15.1. The van der Waals surface area contributed by atoms with E-state index >= 15 is 0 Å². The van der Waals surface area contributed by atoms with Gasteiger partial charge in [0.15, 0.2) is 0 Å². The van der Waals surface area contributed by atoms with Gasteiger partial charge in [-0.1, -0.05) is 6.92 Å². The van der Waals surface area contributed by atoms with Crippen molar-refractivity contribution in [3.63, 3.8) is 0 Å². The highest BCUT2D eigenvalue weighted by Crippen LogP contribution is 2.20. The zero-order valence-corrected chi connectivity index (χ0v) is 8.90. The molecule has 0 fully saturated rings. The fraction of sp³-hybridized carbons (Fsp3) is 0.167. The third-order valence-electron chi connectivity index (χ3n) is 2.56. The van der Waals surface area contributed by atoms with Crippen molar-refractivity contribution in [3.05, 3.63) is 35.4 Å². The summed E-state index contributed by atoms with van der Waals surface area (Å²) in [6, 6.07) is 6.71. The fourth-order valence-electron chi connectivity index (χ4n) is 1.65. The number of aromatic carboxylic acids is 1. The number of hydrogen-bond acceptors (Lipinski definition) is 3. The molecule has 0 bridgehead atoms. The number of pyridine rings is 1. The van der Waals surface area contributed by atoms with Crippen molar-refractivity contribution in [2.24, 2.45) is 0 Å². The molecular weight excluding hydrogens is 204 g/mol. The average molecular weight is 216 g/mol. The van der Waals surface area contributed by atoms with E-state index in [0.29, 0.717) is 5.82 Å². The van der Waals surface area contributed by atoms with Crippen LogP contribution in [0.25, 0.3) is 10.9 Å². The van der Waals surface area contributed by atoms with Crippen molar-refractivity contribution in [1.82, 2.24) is 4.98 Å². The topological polar surface area (TPSA) is 76.2 Å². The summed E-state index contributed by atoms with van der Waals surface area (Å²) in [5.74, 6) is -0.421. The van der Waals surface area contributed by atoms with E-state index < -0.39 is 5.97 Å². The van der Waals surface area contributed by atoms with Gasteiger partial charge in [-0.15, -0.1) is 0 Å². The molecule has 0 aliphatic carbocycles. The zero-order valence-electron chi connectivity index (χ0n) is 8.90. The van der Waals surface area contributed by atoms with Crippen LogP contribution in [-0.2, 0) is 6.42 Å². The number of rotatable bonds is 2. The number of carbonyl (C=O) groups is 1. The maximum absolute atomic E-state index is 10.8. The first-order chi connectivity index (χ1) is 7.61. The summed E-state index contributed by atoms with van der Waals surface area (Å²) in [6.45, 7) is 1.99. The van der Waals surface area contributed by atoms with E-state index in [0.717, 1.165) is 22.9 Å². The molecule has 1 aromatic heterocycles. The van der Waals surface area contributed by atoms with Gasteiger partial charge in [0.05, 0.1) is 11.1 Å². The lowest BCUT2D eigenvalue weighted by Crippen LogP contribution is -1.99. The molecule has 0 atom stereocenters. The van der Waals surface area contributed by atoms with E-state index in [4.69, 9.17) is 10.8 Å². The number of carboxylic acids is 1. The second-order valence-corrected chi connectivity index (χ2v) is 3.60. The highest BCUT2D eigenvalue weighted by Gasteiger charge is 2.06. The molecule has 0 saturated carbocycles. The molecule has 1 heterocycles. The van der Waals surface area contributed by atoms with Crippen molar-refractivity contribution >= 4 is 22.7 Å². The summed E-state index contributed by atoms with van der Waals surface area (Å²) in [5, 5.41) is 9.69. The minimum atomic E-state index is -0.934. The van der Waals surface area contributed by atoms with E-state index in [9.17, 15) is 4.79 Å². The van der Waals surface area contributed by atoms with Crippen molar-refractivity contribution in [1.29, 1.82) is 0 Å². The van der Waals surface area contributed by atoms with Gasteiger partial charge in [0, 0.05) is 5.39 Å². The first kappa shape index (κ1) is 10.4. The second-order valence-electron chi connectivity index (χ2n) is 3.60. The van der Waals surface area contributed by atoms with Gasteiger partial charge < -0.3 is 10.8 Å². The Labute approximate surface area is 92.7 Å². The standard InChI is InChI=1S/C12H12N2O2/c1-2-7-5-9-6-8(12(15)16)3-4-10(9)14-11(7)13/h3-6H,2H2,1H3,(H2,13,14)(H,15,16).